The van der Waals surface area contributed by atoms with Gasteiger partial charge in [0.1, 0.15) is 0 Å². The highest BCUT2D eigenvalue weighted by molar-refractivity contribution is 7.91. The highest BCUT2D eigenvalue weighted by Crippen LogP contribution is 2.31. The summed E-state index contributed by atoms with van der Waals surface area (Å²) in [5.74, 6) is -0.584. The molecule has 1 heterocycles. The summed E-state index contributed by atoms with van der Waals surface area (Å²) in [5, 5.41) is 9.00. The van der Waals surface area contributed by atoms with Gasteiger partial charge >= 0.3 is 10.2 Å². The zero-order valence-electron chi connectivity index (χ0n) is 9.70. The Morgan fingerprint density at radius 2 is 2.00 bits per heavy atom. The fourth-order valence-electron chi connectivity index (χ4n) is 1.82. The Kier molecular flexibility index (Phi) is 2.97. The predicted molar refractivity (Wildman–Crippen MR) is 64.8 cm³/mol. The summed E-state index contributed by atoms with van der Waals surface area (Å²) in [7, 11) is -4.08. The first-order valence-corrected chi connectivity index (χ1v) is 6.79. The molecule has 2 rings (SSSR count). The number of carbonyl (C=O) groups is 1. The average molecular weight is 265 g/mol. The van der Waals surface area contributed by atoms with Crippen molar-refractivity contribution < 1.29 is 13.2 Å². The minimum atomic E-state index is -4.08. The van der Waals surface area contributed by atoms with Crippen LogP contribution in [-0.2, 0) is 10.2 Å². The van der Waals surface area contributed by atoms with Crippen LogP contribution < -0.4 is 4.31 Å². The Labute approximate surface area is 105 Å². The number of anilines is 1. The van der Waals surface area contributed by atoms with Gasteiger partial charge in [0.15, 0.2) is 0 Å². The van der Waals surface area contributed by atoms with Crippen LogP contribution in [0.3, 0.4) is 0 Å². The molecular formula is C11H11N3O3S. The summed E-state index contributed by atoms with van der Waals surface area (Å²) < 4.78 is 25.5. The SMILES string of the molecule is CCCN1C(=O)c2ccccc2N(C#N)S1(=O)=O. The number of carbonyl (C=O) groups excluding carboxylic acids is 1. The molecule has 0 aliphatic carbocycles. The van der Waals surface area contributed by atoms with E-state index in [9.17, 15) is 13.2 Å². The molecule has 0 aromatic heterocycles. The van der Waals surface area contributed by atoms with Crippen molar-refractivity contribution in [2.24, 2.45) is 0 Å². The molecule has 0 saturated carbocycles. The molecule has 0 fully saturated rings. The summed E-state index contributed by atoms with van der Waals surface area (Å²) in [6, 6.07) is 6.17. The van der Waals surface area contributed by atoms with Crippen LogP contribution in [0.25, 0.3) is 0 Å². The van der Waals surface area contributed by atoms with E-state index in [0.29, 0.717) is 10.7 Å². The Bertz CT molecular complexity index is 633. The lowest BCUT2D eigenvalue weighted by Crippen LogP contribution is -2.49. The molecular weight excluding hydrogens is 254 g/mol. The van der Waals surface area contributed by atoms with Crippen LogP contribution in [0.5, 0.6) is 0 Å². The lowest BCUT2D eigenvalue weighted by molar-refractivity contribution is 0.0858. The largest absolute Gasteiger partial charge is 0.341 e. The van der Waals surface area contributed by atoms with Crippen molar-refractivity contribution in [2.75, 3.05) is 10.8 Å². The molecule has 1 aliphatic heterocycles. The molecule has 7 heteroatoms. The van der Waals surface area contributed by atoms with E-state index < -0.39 is 16.1 Å². The fraction of sp³-hybridized carbons (Fsp3) is 0.273. The predicted octanol–water partition coefficient (Wildman–Crippen LogP) is 1.08. The van der Waals surface area contributed by atoms with Gasteiger partial charge in [-0.1, -0.05) is 19.1 Å². The highest BCUT2D eigenvalue weighted by atomic mass is 32.2. The molecule has 6 nitrogen and oxygen atoms in total. The third-order valence-electron chi connectivity index (χ3n) is 2.61. The van der Waals surface area contributed by atoms with Crippen molar-refractivity contribution >= 4 is 21.8 Å². The highest BCUT2D eigenvalue weighted by Gasteiger charge is 2.41. The van der Waals surface area contributed by atoms with Gasteiger partial charge in [-0.3, -0.25) is 4.79 Å². The van der Waals surface area contributed by atoms with Gasteiger partial charge in [-0.05, 0) is 18.6 Å². The number of amides is 1. The summed E-state index contributed by atoms with van der Waals surface area (Å²) in [6.45, 7) is 1.83. The van der Waals surface area contributed by atoms with E-state index in [0.717, 1.165) is 4.31 Å². The number of hydrogen-bond acceptors (Lipinski definition) is 4. The van der Waals surface area contributed by atoms with Crippen LogP contribution in [0, 0.1) is 11.5 Å². The number of nitriles is 1. The number of fused-ring (bicyclic) bond motifs is 1. The van der Waals surface area contributed by atoms with Crippen LogP contribution in [0.1, 0.15) is 23.7 Å². The molecule has 0 spiro atoms. The van der Waals surface area contributed by atoms with Gasteiger partial charge in [-0.15, -0.1) is 0 Å². The molecule has 0 unspecified atom stereocenters. The van der Waals surface area contributed by atoms with Gasteiger partial charge in [0, 0.05) is 6.54 Å². The summed E-state index contributed by atoms with van der Waals surface area (Å²) >= 11 is 0. The lowest BCUT2D eigenvalue weighted by Gasteiger charge is -2.32. The van der Waals surface area contributed by atoms with Gasteiger partial charge < -0.3 is 0 Å². The number of para-hydroxylation sites is 1. The summed E-state index contributed by atoms with van der Waals surface area (Å²) in [5.41, 5.74) is 0.333. The van der Waals surface area contributed by atoms with Crippen molar-refractivity contribution in [3.8, 4) is 6.19 Å². The van der Waals surface area contributed by atoms with E-state index >= 15 is 0 Å². The van der Waals surface area contributed by atoms with E-state index in [1.165, 1.54) is 12.1 Å². The quantitative estimate of drug-likeness (QED) is 0.749. The van der Waals surface area contributed by atoms with Crippen LogP contribution in [0.4, 0.5) is 5.69 Å². The Balaban J connectivity index is 2.68. The topological polar surface area (TPSA) is 81.5 Å². The number of benzene rings is 1. The summed E-state index contributed by atoms with van der Waals surface area (Å²) in [4.78, 5) is 12.1. The second-order valence-electron chi connectivity index (χ2n) is 3.77. The van der Waals surface area contributed by atoms with Crippen LogP contribution in [0.15, 0.2) is 24.3 Å². The second kappa shape index (κ2) is 4.31. The molecule has 0 bridgehead atoms. The first kappa shape index (κ1) is 12.4. The fourth-order valence-corrected chi connectivity index (χ4v) is 3.25. The first-order valence-electron chi connectivity index (χ1n) is 5.40. The van der Waals surface area contributed by atoms with Crippen LogP contribution in [0.2, 0.25) is 0 Å². The first-order chi connectivity index (χ1) is 8.54. The third kappa shape index (κ3) is 1.62. The third-order valence-corrected chi connectivity index (χ3v) is 4.25. The molecule has 1 aromatic rings. The minimum absolute atomic E-state index is 0.0632. The van der Waals surface area contributed by atoms with E-state index in [1.54, 1.807) is 25.2 Å². The van der Waals surface area contributed by atoms with Crippen molar-refractivity contribution in [3.05, 3.63) is 29.8 Å². The number of nitrogens with zero attached hydrogens (tertiary/aromatic N) is 3. The molecule has 94 valence electrons. The summed E-state index contributed by atoms with van der Waals surface area (Å²) in [6.07, 6.45) is 2.10. The molecule has 0 N–H and O–H groups in total. The Morgan fingerprint density at radius 3 is 2.61 bits per heavy atom. The normalized spacial score (nSPS) is 17.2. The van der Waals surface area contributed by atoms with Crippen molar-refractivity contribution in [3.63, 3.8) is 0 Å². The molecule has 18 heavy (non-hydrogen) atoms. The molecule has 1 amide bonds. The maximum absolute atomic E-state index is 12.1. The van der Waals surface area contributed by atoms with Crippen molar-refractivity contribution in [1.29, 1.82) is 5.26 Å². The van der Waals surface area contributed by atoms with Gasteiger partial charge in [0.05, 0.1) is 11.3 Å². The van der Waals surface area contributed by atoms with Crippen LogP contribution >= 0.6 is 0 Å². The van der Waals surface area contributed by atoms with E-state index in [4.69, 9.17) is 5.26 Å². The van der Waals surface area contributed by atoms with Gasteiger partial charge in [0.25, 0.3) is 5.91 Å². The molecule has 1 aliphatic rings. The lowest BCUT2D eigenvalue weighted by atomic mass is 10.1. The molecule has 0 saturated heterocycles. The number of rotatable bonds is 2. The maximum Gasteiger partial charge on any atom is 0.341 e. The Morgan fingerprint density at radius 1 is 1.33 bits per heavy atom. The van der Waals surface area contributed by atoms with E-state index in [2.05, 4.69) is 0 Å². The average Bonchev–Trinajstić information content (AvgIpc) is 2.35. The van der Waals surface area contributed by atoms with Crippen molar-refractivity contribution in [1.82, 2.24) is 4.31 Å². The molecule has 0 atom stereocenters. The zero-order chi connectivity index (χ0) is 13.3. The Hall–Kier alpha value is -2.07. The van der Waals surface area contributed by atoms with E-state index in [-0.39, 0.29) is 17.8 Å². The second-order valence-corrected chi connectivity index (χ2v) is 5.47. The van der Waals surface area contributed by atoms with E-state index in [1.807, 2.05) is 0 Å². The van der Waals surface area contributed by atoms with Crippen molar-refractivity contribution in [2.45, 2.75) is 13.3 Å². The maximum atomic E-state index is 12.1. The van der Waals surface area contributed by atoms with Gasteiger partial charge in [-0.25, -0.2) is 4.31 Å². The standard InChI is InChI=1S/C11H11N3O3S/c1-2-7-13-11(15)9-5-3-4-6-10(9)14(8-12)18(13,16)17/h3-6H,2,7H2,1H3. The smallest absolute Gasteiger partial charge is 0.268 e. The monoisotopic (exact) mass is 265 g/mol. The zero-order valence-corrected chi connectivity index (χ0v) is 10.5. The van der Waals surface area contributed by atoms with Gasteiger partial charge in [0.2, 0.25) is 6.19 Å². The minimum Gasteiger partial charge on any atom is -0.268 e. The number of hydrogen-bond donors (Lipinski definition) is 0. The van der Waals surface area contributed by atoms with Gasteiger partial charge in [-0.2, -0.15) is 18.0 Å². The van der Waals surface area contributed by atoms with Crippen LogP contribution in [-0.4, -0.2) is 25.2 Å². The molecule has 0 radical (unpaired) electrons. The molecule has 1 aromatic carbocycles.